The lowest BCUT2D eigenvalue weighted by Crippen LogP contribution is -2.55. The SMILES string of the molecule is COc1ccc2ccccc2c1[C@H]([NH3+])CC(=O)[O-]. The van der Waals surface area contributed by atoms with Gasteiger partial charge in [0.05, 0.1) is 12.7 Å². The van der Waals surface area contributed by atoms with Crippen molar-refractivity contribution >= 4 is 16.7 Å². The highest BCUT2D eigenvalue weighted by molar-refractivity contribution is 5.88. The second-order valence-electron chi connectivity index (χ2n) is 4.18. The van der Waals surface area contributed by atoms with E-state index in [0.717, 1.165) is 16.3 Å². The summed E-state index contributed by atoms with van der Waals surface area (Å²) in [5, 5.41) is 12.7. The smallest absolute Gasteiger partial charge is 0.128 e. The van der Waals surface area contributed by atoms with Crippen LogP contribution in [0, 0.1) is 0 Å². The van der Waals surface area contributed by atoms with Gasteiger partial charge in [0, 0.05) is 12.4 Å². The van der Waals surface area contributed by atoms with Gasteiger partial charge in [-0.1, -0.05) is 30.3 Å². The Morgan fingerprint density at radius 1 is 1.33 bits per heavy atom. The summed E-state index contributed by atoms with van der Waals surface area (Å²) in [6.07, 6.45) is -0.121. The third-order valence-corrected chi connectivity index (χ3v) is 2.97. The number of carbonyl (C=O) groups excluding carboxylic acids is 1. The Labute approximate surface area is 105 Å². The van der Waals surface area contributed by atoms with Gasteiger partial charge in [0.15, 0.2) is 0 Å². The maximum absolute atomic E-state index is 10.7. The molecule has 3 N–H and O–H groups in total. The number of hydrogen-bond acceptors (Lipinski definition) is 3. The molecule has 1 atom stereocenters. The number of fused-ring (bicyclic) bond motifs is 1. The summed E-state index contributed by atoms with van der Waals surface area (Å²) >= 11 is 0. The Kier molecular flexibility index (Phi) is 3.48. The van der Waals surface area contributed by atoms with E-state index in [9.17, 15) is 9.90 Å². The highest BCUT2D eigenvalue weighted by Crippen LogP contribution is 2.32. The van der Waals surface area contributed by atoms with Gasteiger partial charge < -0.3 is 20.4 Å². The zero-order valence-electron chi connectivity index (χ0n) is 10.2. The number of carboxylic acid groups (broad SMARTS) is 1. The molecule has 0 fully saturated rings. The molecule has 18 heavy (non-hydrogen) atoms. The second-order valence-corrected chi connectivity index (χ2v) is 4.18. The maximum Gasteiger partial charge on any atom is 0.128 e. The minimum absolute atomic E-state index is 0.121. The van der Waals surface area contributed by atoms with Crippen LogP contribution in [-0.2, 0) is 4.79 Å². The average Bonchev–Trinajstić information content (AvgIpc) is 2.36. The van der Waals surface area contributed by atoms with Crippen LogP contribution in [0.15, 0.2) is 36.4 Å². The van der Waals surface area contributed by atoms with Crippen LogP contribution < -0.4 is 15.6 Å². The highest BCUT2D eigenvalue weighted by Gasteiger charge is 2.18. The summed E-state index contributed by atoms with van der Waals surface area (Å²) in [5.41, 5.74) is 4.73. The average molecular weight is 245 g/mol. The molecule has 2 aromatic carbocycles. The molecule has 0 bridgehead atoms. The van der Waals surface area contributed by atoms with Gasteiger partial charge in [0.25, 0.3) is 0 Å². The molecule has 0 saturated heterocycles. The quantitative estimate of drug-likeness (QED) is 0.840. The summed E-state index contributed by atoms with van der Waals surface area (Å²) < 4.78 is 5.30. The predicted molar refractivity (Wildman–Crippen MR) is 65.8 cm³/mol. The first-order valence-electron chi connectivity index (χ1n) is 5.72. The number of carboxylic acids is 1. The Hall–Kier alpha value is -2.07. The van der Waals surface area contributed by atoms with E-state index < -0.39 is 12.0 Å². The van der Waals surface area contributed by atoms with E-state index in [4.69, 9.17) is 4.74 Å². The van der Waals surface area contributed by atoms with E-state index in [1.165, 1.54) is 0 Å². The molecule has 0 spiro atoms. The van der Waals surface area contributed by atoms with Gasteiger partial charge in [-0.05, 0) is 16.8 Å². The molecule has 0 aliphatic rings. The summed E-state index contributed by atoms with van der Waals surface area (Å²) in [5.74, 6) is -0.445. The first-order valence-corrected chi connectivity index (χ1v) is 5.72. The van der Waals surface area contributed by atoms with Crippen LogP contribution in [0.1, 0.15) is 18.0 Å². The topological polar surface area (TPSA) is 77.0 Å². The van der Waals surface area contributed by atoms with Crippen molar-refractivity contribution in [3.8, 4) is 5.75 Å². The van der Waals surface area contributed by atoms with Crippen molar-refractivity contribution in [2.24, 2.45) is 0 Å². The Morgan fingerprint density at radius 3 is 2.72 bits per heavy atom. The first-order chi connectivity index (χ1) is 8.63. The van der Waals surface area contributed by atoms with Crippen LogP contribution in [0.25, 0.3) is 10.8 Å². The van der Waals surface area contributed by atoms with Crippen LogP contribution in [-0.4, -0.2) is 13.1 Å². The summed E-state index contributed by atoms with van der Waals surface area (Å²) in [6.45, 7) is 0. The fourth-order valence-corrected chi connectivity index (χ4v) is 2.18. The number of ether oxygens (including phenoxy) is 1. The Bertz CT molecular complexity index is 580. The van der Waals surface area contributed by atoms with Crippen molar-refractivity contribution in [2.75, 3.05) is 7.11 Å². The minimum atomic E-state index is -1.11. The molecule has 4 nitrogen and oxygen atoms in total. The molecule has 0 aromatic heterocycles. The lowest BCUT2D eigenvalue weighted by Gasteiger charge is -2.16. The van der Waals surface area contributed by atoms with Crippen LogP contribution >= 0.6 is 0 Å². The fourth-order valence-electron chi connectivity index (χ4n) is 2.18. The van der Waals surface area contributed by atoms with Crippen LogP contribution in [0.5, 0.6) is 5.75 Å². The number of methoxy groups -OCH3 is 1. The summed E-state index contributed by atoms with van der Waals surface area (Å²) in [7, 11) is 1.57. The van der Waals surface area contributed by atoms with E-state index in [1.807, 2.05) is 36.4 Å². The van der Waals surface area contributed by atoms with Crippen molar-refractivity contribution in [3.63, 3.8) is 0 Å². The Morgan fingerprint density at radius 2 is 2.06 bits per heavy atom. The van der Waals surface area contributed by atoms with Crippen molar-refractivity contribution in [1.82, 2.24) is 0 Å². The monoisotopic (exact) mass is 245 g/mol. The van der Waals surface area contributed by atoms with Gasteiger partial charge in [-0.25, -0.2) is 0 Å². The number of benzene rings is 2. The van der Waals surface area contributed by atoms with Gasteiger partial charge in [0.1, 0.15) is 11.8 Å². The number of carbonyl (C=O) groups is 1. The first kappa shape index (κ1) is 12.4. The summed E-state index contributed by atoms with van der Waals surface area (Å²) in [6, 6.07) is 11.2. The molecule has 0 aliphatic heterocycles. The van der Waals surface area contributed by atoms with Crippen LogP contribution in [0.3, 0.4) is 0 Å². The zero-order chi connectivity index (χ0) is 13.1. The molecule has 2 rings (SSSR count). The predicted octanol–water partition coefficient (Wildman–Crippen LogP) is 0.271. The number of hydrogen-bond donors (Lipinski definition) is 1. The number of rotatable bonds is 4. The van der Waals surface area contributed by atoms with Crippen molar-refractivity contribution in [1.29, 1.82) is 0 Å². The lowest BCUT2D eigenvalue weighted by atomic mass is 9.96. The molecule has 0 aliphatic carbocycles. The molecular formula is C14H15NO3. The van der Waals surface area contributed by atoms with Crippen molar-refractivity contribution in [3.05, 3.63) is 42.0 Å². The minimum Gasteiger partial charge on any atom is -0.550 e. The largest absolute Gasteiger partial charge is 0.550 e. The molecule has 0 heterocycles. The van der Waals surface area contributed by atoms with Gasteiger partial charge >= 0.3 is 0 Å². The van der Waals surface area contributed by atoms with Crippen molar-refractivity contribution in [2.45, 2.75) is 12.5 Å². The van der Waals surface area contributed by atoms with E-state index in [1.54, 1.807) is 7.11 Å². The van der Waals surface area contributed by atoms with Gasteiger partial charge in [-0.2, -0.15) is 0 Å². The number of aliphatic carboxylic acids is 1. The molecule has 0 unspecified atom stereocenters. The zero-order valence-corrected chi connectivity index (χ0v) is 10.2. The standard InChI is InChI=1S/C14H15NO3/c1-18-12-7-6-9-4-2-3-5-10(9)14(12)11(15)8-13(16)17/h2-7,11H,8,15H2,1H3,(H,16,17)/t11-/m1/s1. The van der Waals surface area contributed by atoms with Gasteiger partial charge in [-0.15, -0.1) is 0 Å². The normalized spacial score (nSPS) is 12.3. The molecule has 94 valence electrons. The maximum atomic E-state index is 10.7. The van der Waals surface area contributed by atoms with E-state index in [-0.39, 0.29) is 6.42 Å². The van der Waals surface area contributed by atoms with Crippen LogP contribution in [0.2, 0.25) is 0 Å². The van der Waals surface area contributed by atoms with Gasteiger partial charge in [0.2, 0.25) is 0 Å². The highest BCUT2D eigenvalue weighted by atomic mass is 16.5. The van der Waals surface area contributed by atoms with Crippen LogP contribution in [0.4, 0.5) is 0 Å². The molecule has 2 aromatic rings. The van der Waals surface area contributed by atoms with E-state index >= 15 is 0 Å². The van der Waals surface area contributed by atoms with E-state index in [0.29, 0.717) is 5.75 Å². The van der Waals surface area contributed by atoms with Crippen molar-refractivity contribution < 1.29 is 20.4 Å². The third-order valence-electron chi connectivity index (χ3n) is 2.97. The molecule has 4 heteroatoms. The summed E-state index contributed by atoms with van der Waals surface area (Å²) in [4.78, 5) is 10.7. The lowest BCUT2D eigenvalue weighted by molar-refractivity contribution is -0.430. The van der Waals surface area contributed by atoms with E-state index in [2.05, 4.69) is 5.73 Å². The number of quaternary nitrogens is 1. The molecule has 0 saturated carbocycles. The molecule has 0 radical (unpaired) electrons. The van der Waals surface area contributed by atoms with Gasteiger partial charge in [-0.3, -0.25) is 0 Å². The molecule has 0 amide bonds. The Balaban J connectivity index is 2.60. The fraction of sp³-hybridized carbons (Fsp3) is 0.214. The second kappa shape index (κ2) is 5.06. The molecular weight excluding hydrogens is 230 g/mol. The third kappa shape index (κ3) is 2.28.